The number of hydrogen-bond acceptors (Lipinski definition) is 13. The van der Waals surface area contributed by atoms with E-state index in [9.17, 15) is 40.5 Å². The first kappa shape index (κ1) is 28.3. The number of aromatic hydroxyl groups is 1. The molecule has 4 rings (SSSR count). The maximum Gasteiger partial charge on any atom is 0.331 e. The van der Waals surface area contributed by atoms with Gasteiger partial charge in [0.1, 0.15) is 35.6 Å². The predicted octanol–water partition coefficient (Wildman–Crippen LogP) is -1.49. The van der Waals surface area contributed by atoms with E-state index in [4.69, 9.17) is 23.7 Å². The molecule has 10 atom stereocenters. The standard InChI is InChI=1S/C25H32O13/c1-24(38-17(29)6-4-12-3-5-13(27)14(9-12)34-2)10-16(28)25(33)7-8-35-23(21(24)25)37-22-20(32)19(31)18(30)15(11-26)36-22/h3-9,15-16,18-23,26-28,30-33H,10-11H2,1-2H3/b6-4-/t15-,16+,18+,19-,20+,21+,22+,23-,24-,25+/m0/s1. The van der Waals surface area contributed by atoms with E-state index in [1.165, 1.54) is 38.3 Å². The highest BCUT2D eigenvalue weighted by Gasteiger charge is 2.66. The van der Waals surface area contributed by atoms with Gasteiger partial charge in [-0.3, -0.25) is 0 Å². The van der Waals surface area contributed by atoms with Crippen LogP contribution in [0.1, 0.15) is 18.9 Å². The van der Waals surface area contributed by atoms with E-state index in [1.54, 1.807) is 6.07 Å². The fourth-order valence-corrected chi connectivity index (χ4v) is 5.15. The summed E-state index contributed by atoms with van der Waals surface area (Å²) in [6, 6.07) is 4.44. The Morgan fingerprint density at radius 2 is 1.89 bits per heavy atom. The van der Waals surface area contributed by atoms with E-state index in [0.29, 0.717) is 5.56 Å². The largest absolute Gasteiger partial charge is 0.504 e. The molecule has 1 saturated heterocycles. The van der Waals surface area contributed by atoms with Crippen LogP contribution in [0.2, 0.25) is 0 Å². The first-order valence-electron chi connectivity index (χ1n) is 11.9. The molecule has 0 bridgehead atoms. The Hall–Kier alpha value is -2.75. The van der Waals surface area contributed by atoms with Crippen LogP contribution in [0.4, 0.5) is 0 Å². The van der Waals surface area contributed by atoms with Crippen molar-refractivity contribution in [3.8, 4) is 11.5 Å². The quantitative estimate of drug-likeness (QED) is 0.156. The average Bonchev–Trinajstić information content (AvgIpc) is 3.08. The fourth-order valence-electron chi connectivity index (χ4n) is 5.15. The summed E-state index contributed by atoms with van der Waals surface area (Å²) in [5, 5.41) is 71.7. The Kier molecular flexibility index (Phi) is 8.02. The number of phenols is 1. The lowest BCUT2D eigenvalue weighted by atomic mass is 9.81. The molecule has 13 nitrogen and oxygen atoms in total. The maximum absolute atomic E-state index is 12.8. The fraction of sp³-hybridized carbons (Fsp3) is 0.560. The van der Waals surface area contributed by atoms with Crippen LogP contribution in [0.15, 0.2) is 36.6 Å². The highest BCUT2D eigenvalue weighted by Crippen LogP contribution is 2.51. The van der Waals surface area contributed by atoms with Gasteiger partial charge in [-0.15, -0.1) is 0 Å². The van der Waals surface area contributed by atoms with Crippen LogP contribution in [0.25, 0.3) is 6.08 Å². The third-order valence-electron chi connectivity index (χ3n) is 7.17. The summed E-state index contributed by atoms with van der Waals surface area (Å²) in [7, 11) is 1.38. The Labute approximate surface area is 217 Å². The van der Waals surface area contributed by atoms with Crippen molar-refractivity contribution in [1.82, 2.24) is 0 Å². The molecule has 1 aliphatic carbocycles. The first-order valence-corrected chi connectivity index (χ1v) is 11.9. The molecule has 1 saturated carbocycles. The Bertz CT molecular complexity index is 1070. The SMILES string of the molecule is COc1cc(/C=C\C(=O)O[C@@]2(C)C[C@@H](O)[C@]3(O)C=CO[C@@H](O[C@H]4O[C@@H](CO)[C@@H](O)[C@H](O)[C@H]4O)[C@@H]32)ccc1O. The number of fused-ring (bicyclic) bond motifs is 1. The third-order valence-corrected chi connectivity index (χ3v) is 7.17. The van der Waals surface area contributed by atoms with Crippen LogP contribution < -0.4 is 4.74 Å². The molecule has 0 unspecified atom stereocenters. The van der Waals surface area contributed by atoms with E-state index in [0.717, 1.165) is 12.3 Å². The number of hydrogen-bond donors (Lipinski definition) is 7. The zero-order valence-electron chi connectivity index (χ0n) is 20.7. The number of benzene rings is 1. The van der Waals surface area contributed by atoms with E-state index in [1.807, 2.05) is 0 Å². The average molecular weight is 541 g/mol. The molecule has 1 aromatic carbocycles. The molecule has 210 valence electrons. The minimum atomic E-state index is -1.96. The van der Waals surface area contributed by atoms with E-state index < -0.39 is 72.8 Å². The van der Waals surface area contributed by atoms with Gasteiger partial charge in [0.25, 0.3) is 0 Å². The van der Waals surface area contributed by atoms with Gasteiger partial charge < -0.3 is 59.4 Å². The van der Waals surface area contributed by atoms with Gasteiger partial charge in [0.05, 0.1) is 32.0 Å². The van der Waals surface area contributed by atoms with Gasteiger partial charge in [0.15, 0.2) is 17.8 Å². The minimum absolute atomic E-state index is 0.0743. The summed E-state index contributed by atoms with van der Waals surface area (Å²) in [6.45, 7) is 0.789. The number of rotatable bonds is 7. The van der Waals surface area contributed by atoms with Gasteiger partial charge in [-0.2, -0.15) is 0 Å². The smallest absolute Gasteiger partial charge is 0.331 e. The second-order valence-electron chi connectivity index (χ2n) is 9.72. The molecule has 2 aliphatic heterocycles. The van der Waals surface area contributed by atoms with Crippen LogP contribution in [-0.4, -0.2) is 110 Å². The number of esters is 1. The Morgan fingerprint density at radius 1 is 1.16 bits per heavy atom. The minimum Gasteiger partial charge on any atom is -0.504 e. The summed E-state index contributed by atoms with van der Waals surface area (Å²) in [5.74, 6) is -1.92. The van der Waals surface area contributed by atoms with Crippen molar-refractivity contribution in [2.45, 2.75) is 67.6 Å². The van der Waals surface area contributed by atoms with Gasteiger partial charge in [0.2, 0.25) is 6.29 Å². The molecule has 3 aliphatic rings. The summed E-state index contributed by atoms with van der Waals surface area (Å²) < 4.78 is 27.3. The molecule has 0 amide bonds. The molecule has 7 N–H and O–H groups in total. The Balaban J connectivity index is 1.54. The molecular weight excluding hydrogens is 508 g/mol. The van der Waals surface area contributed by atoms with E-state index in [2.05, 4.69) is 0 Å². The third kappa shape index (κ3) is 5.11. The van der Waals surface area contributed by atoms with Crippen LogP contribution in [0.3, 0.4) is 0 Å². The van der Waals surface area contributed by atoms with Crippen molar-refractivity contribution in [2.24, 2.45) is 5.92 Å². The van der Waals surface area contributed by atoms with Crippen LogP contribution in [0.5, 0.6) is 11.5 Å². The van der Waals surface area contributed by atoms with Crippen molar-refractivity contribution in [1.29, 1.82) is 0 Å². The van der Waals surface area contributed by atoms with Crippen molar-refractivity contribution >= 4 is 12.0 Å². The van der Waals surface area contributed by atoms with Crippen LogP contribution >= 0.6 is 0 Å². The molecular formula is C25H32O13. The summed E-state index contributed by atoms with van der Waals surface area (Å²) in [5.41, 5.74) is -2.98. The topological polar surface area (TPSA) is 205 Å². The van der Waals surface area contributed by atoms with Gasteiger partial charge in [0, 0.05) is 12.5 Å². The second-order valence-corrected chi connectivity index (χ2v) is 9.72. The lowest BCUT2D eigenvalue weighted by Gasteiger charge is -2.45. The van der Waals surface area contributed by atoms with Crippen molar-refractivity contribution in [3.05, 3.63) is 42.2 Å². The van der Waals surface area contributed by atoms with Crippen LogP contribution in [-0.2, 0) is 23.7 Å². The number of ether oxygens (including phenoxy) is 5. The number of aliphatic hydroxyl groups excluding tert-OH is 5. The molecule has 0 aromatic heterocycles. The molecule has 13 heteroatoms. The number of methoxy groups -OCH3 is 1. The van der Waals surface area contributed by atoms with Gasteiger partial charge in [-0.25, -0.2) is 4.79 Å². The zero-order chi connectivity index (χ0) is 27.8. The normalized spacial score (nSPS) is 40.5. The van der Waals surface area contributed by atoms with Gasteiger partial charge in [-0.1, -0.05) is 6.07 Å². The predicted molar refractivity (Wildman–Crippen MR) is 126 cm³/mol. The Morgan fingerprint density at radius 3 is 2.58 bits per heavy atom. The molecule has 1 aromatic rings. The van der Waals surface area contributed by atoms with Crippen LogP contribution in [0, 0.1) is 5.92 Å². The van der Waals surface area contributed by atoms with E-state index >= 15 is 0 Å². The highest BCUT2D eigenvalue weighted by atomic mass is 16.8. The number of carbonyl (C=O) groups is 1. The number of carbonyl (C=O) groups excluding carboxylic acids is 1. The lowest BCUT2D eigenvalue weighted by Crippen LogP contribution is -2.62. The molecule has 0 spiro atoms. The van der Waals surface area contributed by atoms with Gasteiger partial charge in [-0.05, 0) is 36.8 Å². The maximum atomic E-state index is 12.8. The summed E-state index contributed by atoms with van der Waals surface area (Å²) >= 11 is 0. The summed E-state index contributed by atoms with van der Waals surface area (Å²) in [4.78, 5) is 12.8. The highest BCUT2D eigenvalue weighted by molar-refractivity contribution is 5.87. The summed E-state index contributed by atoms with van der Waals surface area (Å²) in [6.07, 6.45) is -6.16. The zero-order valence-corrected chi connectivity index (χ0v) is 20.7. The van der Waals surface area contributed by atoms with Crippen molar-refractivity contribution in [3.63, 3.8) is 0 Å². The lowest BCUT2D eigenvalue weighted by molar-refractivity contribution is -0.351. The van der Waals surface area contributed by atoms with Crippen molar-refractivity contribution < 1.29 is 64.2 Å². The van der Waals surface area contributed by atoms with E-state index in [-0.39, 0.29) is 17.9 Å². The molecule has 38 heavy (non-hydrogen) atoms. The van der Waals surface area contributed by atoms with Gasteiger partial charge >= 0.3 is 5.97 Å². The first-order chi connectivity index (χ1) is 17.9. The second kappa shape index (κ2) is 10.8. The van der Waals surface area contributed by atoms with Crippen molar-refractivity contribution in [2.75, 3.05) is 13.7 Å². The monoisotopic (exact) mass is 540 g/mol. The molecule has 2 fully saturated rings. The number of phenolic OH excluding ortho intramolecular Hbond substituents is 1. The molecule has 2 heterocycles. The molecule has 0 radical (unpaired) electrons. The number of aliphatic hydroxyl groups is 6.